The van der Waals surface area contributed by atoms with Crippen molar-refractivity contribution in [3.8, 4) is 5.75 Å². The lowest BCUT2D eigenvalue weighted by Gasteiger charge is -2.42. The van der Waals surface area contributed by atoms with Crippen molar-refractivity contribution in [2.45, 2.75) is 51.8 Å². The molecule has 4 nitrogen and oxygen atoms in total. The molecule has 138 valence electrons. The molecule has 3 rings (SSSR count). The third-order valence-corrected chi connectivity index (χ3v) is 6.42. The van der Waals surface area contributed by atoms with Gasteiger partial charge >= 0.3 is 0 Å². The number of hydrogen-bond donors (Lipinski definition) is 2. The molecule has 1 aromatic rings. The van der Waals surface area contributed by atoms with E-state index in [-0.39, 0.29) is 0 Å². The zero-order valence-electron chi connectivity index (χ0n) is 16.0. The molecule has 3 atom stereocenters. The van der Waals surface area contributed by atoms with Crippen LogP contribution in [-0.2, 0) is 5.75 Å². The fourth-order valence-electron chi connectivity index (χ4n) is 4.37. The van der Waals surface area contributed by atoms with E-state index in [0.29, 0.717) is 5.41 Å². The second-order valence-electron chi connectivity index (χ2n) is 8.38. The van der Waals surface area contributed by atoms with Crippen LogP contribution in [0.2, 0.25) is 0 Å². The summed E-state index contributed by atoms with van der Waals surface area (Å²) in [7, 11) is 1.70. The van der Waals surface area contributed by atoms with E-state index in [1.807, 2.05) is 12.1 Å². The van der Waals surface area contributed by atoms with Crippen molar-refractivity contribution < 1.29 is 9.64 Å². The number of nitrogens with zero attached hydrogens (tertiary/aromatic N) is 1. The van der Waals surface area contributed by atoms with Crippen molar-refractivity contribution in [1.29, 1.82) is 0 Å². The van der Waals surface area contributed by atoms with Crippen LogP contribution in [0.4, 0.5) is 0 Å². The van der Waals surface area contributed by atoms with Gasteiger partial charge in [-0.05, 0) is 35.4 Å². The number of methoxy groups -OCH3 is 1. The molecule has 1 aromatic carbocycles. The van der Waals surface area contributed by atoms with Gasteiger partial charge in [-0.1, -0.05) is 44.7 Å². The number of aliphatic imine (C=N–C) groups is 1. The third-order valence-electron chi connectivity index (χ3n) is 5.39. The molecule has 0 radical (unpaired) electrons. The molecule has 0 aromatic heterocycles. The predicted molar refractivity (Wildman–Crippen MR) is 106 cm³/mol. The summed E-state index contributed by atoms with van der Waals surface area (Å²) in [6, 6.07) is 9.02. The van der Waals surface area contributed by atoms with Gasteiger partial charge in [0, 0.05) is 18.6 Å². The third kappa shape index (κ3) is 5.14. The second-order valence-corrected chi connectivity index (χ2v) is 9.34. The Morgan fingerprint density at radius 2 is 2.04 bits per heavy atom. The molecule has 1 aliphatic heterocycles. The topological polar surface area (TPSA) is 38.1 Å². The number of rotatable bonds is 4. The zero-order chi connectivity index (χ0) is 17.9. The second kappa shape index (κ2) is 8.00. The summed E-state index contributed by atoms with van der Waals surface area (Å²) in [5.41, 5.74) is 1.77. The molecule has 1 saturated carbocycles. The molecule has 1 unspecified atom stereocenters. The van der Waals surface area contributed by atoms with E-state index in [1.165, 1.54) is 24.8 Å². The minimum Gasteiger partial charge on any atom is -0.497 e. The van der Waals surface area contributed by atoms with Crippen LogP contribution < -0.4 is 15.0 Å². The number of thioether (sulfide) groups is 1. The minimum absolute atomic E-state index is 0.475. The molecule has 0 amide bonds. The Labute approximate surface area is 156 Å². The SMILES string of the molecule is COc1ccc(CSC2=NC[NH+]([C@H]3C[C@@H](C)CC(C)(C)C3)CN2)cc1. The molecule has 0 bridgehead atoms. The molecular formula is C20H32N3OS+. The number of ether oxygens (including phenoxy) is 1. The highest BCUT2D eigenvalue weighted by Gasteiger charge is 2.37. The van der Waals surface area contributed by atoms with Crippen LogP contribution in [-0.4, -0.2) is 31.7 Å². The lowest BCUT2D eigenvalue weighted by Crippen LogP contribution is -3.18. The van der Waals surface area contributed by atoms with Crippen LogP contribution in [0.1, 0.15) is 45.6 Å². The van der Waals surface area contributed by atoms with Crippen LogP contribution in [0.3, 0.4) is 0 Å². The summed E-state index contributed by atoms with van der Waals surface area (Å²) in [5.74, 6) is 2.68. The smallest absolute Gasteiger partial charge is 0.175 e. The number of amidine groups is 1. The maximum atomic E-state index is 5.21. The monoisotopic (exact) mass is 362 g/mol. The van der Waals surface area contributed by atoms with Gasteiger partial charge < -0.3 is 10.1 Å². The quantitative estimate of drug-likeness (QED) is 0.865. The lowest BCUT2D eigenvalue weighted by molar-refractivity contribution is -0.930. The zero-order valence-corrected chi connectivity index (χ0v) is 16.8. The Kier molecular flexibility index (Phi) is 5.95. The fraction of sp³-hybridized carbons (Fsp3) is 0.650. The largest absolute Gasteiger partial charge is 0.497 e. The molecule has 25 heavy (non-hydrogen) atoms. The van der Waals surface area contributed by atoms with Gasteiger partial charge in [0.15, 0.2) is 18.5 Å². The number of benzene rings is 1. The molecule has 1 fully saturated rings. The Balaban J connectivity index is 1.50. The standard InChI is InChI=1S/C20H31N3OS/c1-15-9-17(11-20(2,3)10-15)23-13-21-19(22-14-23)25-12-16-5-7-18(24-4)8-6-16/h5-8,15,17H,9-14H2,1-4H3,(H,21,22)/p+1/t15-,17+/m1/s1. The summed E-state index contributed by atoms with van der Waals surface area (Å²) in [5, 5.41) is 4.64. The summed E-state index contributed by atoms with van der Waals surface area (Å²) >= 11 is 1.80. The summed E-state index contributed by atoms with van der Waals surface area (Å²) < 4.78 is 5.21. The number of quaternary nitrogens is 1. The van der Waals surface area contributed by atoms with E-state index in [0.717, 1.165) is 42.0 Å². The highest BCUT2D eigenvalue weighted by Crippen LogP contribution is 2.37. The number of hydrogen-bond acceptors (Lipinski definition) is 4. The fourth-order valence-corrected chi connectivity index (χ4v) is 5.20. The van der Waals surface area contributed by atoms with Gasteiger partial charge in [-0.25, -0.2) is 4.99 Å². The van der Waals surface area contributed by atoms with E-state index in [2.05, 4.69) is 38.2 Å². The molecule has 1 heterocycles. The van der Waals surface area contributed by atoms with Crippen LogP contribution in [0, 0.1) is 11.3 Å². The average Bonchev–Trinajstić information content (AvgIpc) is 2.59. The highest BCUT2D eigenvalue weighted by molar-refractivity contribution is 8.13. The van der Waals surface area contributed by atoms with Crippen molar-refractivity contribution in [2.24, 2.45) is 16.3 Å². The normalized spacial score (nSPS) is 28.8. The van der Waals surface area contributed by atoms with Crippen LogP contribution in [0.5, 0.6) is 5.75 Å². The van der Waals surface area contributed by atoms with Gasteiger partial charge in [-0.15, -0.1) is 0 Å². The first-order valence-electron chi connectivity index (χ1n) is 9.34. The van der Waals surface area contributed by atoms with Gasteiger partial charge in [0.2, 0.25) is 0 Å². The van der Waals surface area contributed by atoms with Gasteiger partial charge in [0.1, 0.15) is 5.75 Å². The Hall–Kier alpha value is -1.20. The first-order chi connectivity index (χ1) is 11.9. The molecule has 2 N–H and O–H groups in total. The summed E-state index contributed by atoms with van der Waals surface area (Å²) in [6.07, 6.45) is 4.01. The molecule has 5 heteroatoms. The van der Waals surface area contributed by atoms with Crippen molar-refractivity contribution in [3.63, 3.8) is 0 Å². The Morgan fingerprint density at radius 1 is 1.28 bits per heavy atom. The highest BCUT2D eigenvalue weighted by atomic mass is 32.2. The van der Waals surface area contributed by atoms with Gasteiger partial charge in [0.05, 0.1) is 13.2 Å². The maximum absolute atomic E-state index is 5.21. The van der Waals surface area contributed by atoms with Crippen LogP contribution in [0.25, 0.3) is 0 Å². The summed E-state index contributed by atoms with van der Waals surface area (Å²) in [4.78, 5) is 6.42. The van der Waals surface area contributed by atoms with Gasteiger partial charge in [-0.2, -0.15) is 0 Å². The van der Waals surface area contributed by atoms with E-state index in [4.69, 9.17) is 9.73 Å². The maximum Gasteiger partial charge on any atom is 0.175 e. The first kappa shape index (κ1) is 18.6. The van der Waals surface area contributed by atoms with Crippen molar-refractivity contribution in [1.82, 2.24) is 5.32 Å². The molecule has 0 spiro atoms. The summed E-state index contributed by atoms with van der Waals surface area (Å²) in [6.45, 7) is 9.16. The van der Waals surface area contributed by atoms with Gasteiger partial charge in [0.25, 0.3) is 0 Å². The van der Waals surface area contributed by atoms with E-state index < -0.39 is 0 Å². The molecule has 0 saturated heterocycles. The first-order valence-corrected chi connectivity index (χ1v) is 10.3. The minimum atomic E-state index is 0.475. The van der Waals surface area contributed by atoms with Crippen LogP contribution in [0.15, 0.2) is 29.3 Å². The van der Waals surface area contributed by atoms with E-state index in [1.54, 1.807) is 23.8 Å². The predicted octanol–water partition coefficient (Wildman–Crippen LogP) is 2.90. The average molecular weight is 363 g/mol. The van der Waals surface area contributed by atoms with Gasteiger partial charge in [-0.3, -0.25) is 4.90 Å². The molecule has 1 aliphatic carbocycles. The Bertz CT molecular complexity index is 599. The van der Waals surface area contributed by atoms with Crippen molar-refractivity contribution in [3.05, 3.63) is 29.8 Å². The van der Waals surface area contributed by atoms with Crippen molar-refractivity contribution in [2.75, 3.05) is 20.4 Å². The molecular weight excluding hydrogens is 330 g/mol. The van der Waals surface area contributed by atoms with E-state index in [9.17, 15) is 0 Å². The van der Waals surface area contributed by atoms with E-state index >= 15 is 0 Å². The molecule has 2 aliphatic rings. The Morgan fingerprint density at radius 3 is 2.64 bits per heavy atom. The lowest BCUT2D eigenvalue weighted by atomic mass is 9.70. The number of nitrogens with one attached hydrogen (secondary N) is 2. The van der Waals surface area contributed by atoms with Crippen LogP contribution >= 0.6 is 11.8 Å². The van der Waals surface area contributed by atoms with Crippen molar-refractivity contribution >= 4 is 16.9 Å².